The van der Waals surface area contributed by atoms with Crippen molar-refractivity contribution in [1.82, 2.24) is 5.32 Å². The van der Waals surface area contributed by atoms with Gasteiger partial charge in [0.2, 0.25) is 11.8 Å². The number of carbonyl (C=O) groups excluding carboxylic acids is 2. The fourth-order valence-corrected chi connectivity index (χ4v) is 2.97. The molecule has 1 N–H and O–H groups in total. The monoisotopic (exact) mass is 378 g/mol. The van der Waals surface area contributed by atoms with Crippen LogP contribution in [0.4, 0.5) is 5.69 Å². The van der Waals surface area contributed by atoms with Crippen LogP contribution >= 0.6 is 0 Å². The van der Waals surface area contributed by atoms with Crippen molar-refractivity contribution in [2.45, 2.75) is 26.7 Å². The van der Waals surface area contributed by atoms with E-state index in [0.717, 1.165) is 13.0 Å². The van der Waals surface area contributed by atoms with Gasteiger partial charge in [-0.25, -0.2) is 0 Å². The number of anilines is 1. The van der Waals surface area contributed by atoms with Crippen molar-refractivity contribution in [2.24, 2.45) is 11.8 Å². The number of benzene rings is 1. The van der Waals surface area contributed by atoms with Crippen molar-refractivity contribution < 1.29 is 23.8 Å². The highest BCUT2D eigenvalue weighted by molar-refractivity contribution is 6.00. The molecule has 27 heavy (non-hydrogen) atoms. The lowest BCUT2D eigenvalue weighted by Crippen LogP contribution is -2.33. The highest BCUT2D eigenvalue weighted by Crippen LogP contribution is 2.34. The van der Waals surface area contributed by atoms with E-state index in [0.29, 0.717) is 42.8 Å². The third kappa shape index (κ3) is 5.85. The van der Waals surface area contributed by atoms with Gasteiger partial charge in [0.15, 0.2) is 11.5 Å². The molecule has 0 spiro atoms. The van der Waals surface area contributed by atoms with Crippen molar-refractivity contribution >= 4 is 17.5 Å². The van der Waals surface area contributed by atoms with E-state index < -0.39 is 0 Å². The molecule has 1 atom stereocenters. The van der Waals surface area contributed by atoms with E-state index in [1.54, 1.807) is 37.3 Å². The maximum Gasteiger partial charge on any atom is 0.227 e. The van der Waals surface area contributed by atoms with Crippen molar-refractivity contribution in [2.75, 3.05) is 45.4 Å². The summed E-state index contributed by atoms with van der Waals surface area (Å²) in [5, 5.41) is 2.90. The first-order valence-corrected chi connectivity index (χ1v) is 9.34. The molecule has 1 aliphatic rings. The molecule has 0 aliphatic carbocycles. The SMILES string of the molecule is COc1ccc(N2CC(C(=O)NCCCOCC(C)C)CC2=O)cc1OC. The molecule has 7 heteroatoms. The number of amides is 2. The number of ether oxygens (including phenoxy) is 3. The third-order valence-electron chi connectivity index (χ3n) is 4.39. The fourth-order valence-electron chi connectivity index (χ4n) is 2.97. The predicted molar refractivity (Wildman–Crippen MR) is 103 cm³/mol. The number of rotatable bonds is 10. The zero-order valence-electron chi connectivity index (χ0n) is 16.6. The van der Waals surface area contributed by atoms with Gasteiger partial charge in [0.05, 0.1) is 20.1 Å². The predicted octanol–water partition coefficient (Wildman–Crippen LogP) is 2.24. The number of hydrogen-bond donors (Lipinski definition) is 1. The van der Waals surface area contributed by atoms with Crippen LogP contribution in [0.25, 0.3) is 0 Å². The van der Waals surface area contributed by atoms with Crippen LogP contribution in [0.5, 0.6) is 11.5 Å². The second-order valence-corrected chi connectivity index (χ2v) is 7.06. The van der Waals surface area contributed by atoms with Gasteiger partial charge in [-0.15, -0.1) is 0 Å². The van der Waals surface area contributed by atoms with Crippen LogP contribution in [0, 0.1) is 11.8 Å². The molecule has 1 fully saturated rings. The second-order valence-electron chi connectivity index (χ2n) is 7.06. The van der Waals surface area contributed by atoms with Crippen LogP contribution in [0.2, 0.25) is 0 Å². The average Bonchev–Trinajstić information content (AvgIpc) is 3.05. The van der Waals surface area contributed by atoms with Crippen LogP contribution in [0.3, 0.4) is 0 Å². The van der Waals surface area contributed by atoms with Gasteiger partial charge in [0.1, 0.15) is 0 Å². The zero-order chi connectivity index (χ0) is 19.8. The summed E-state index contributed by atoms with van der Waals surface area (Å²) >= 11 is 0. The first kappa shape index (κ1) is 21.0. The van der Waals surface area contributed by atoms with Crippen molar-refractivity contribution in [1.29, 1.82) is 0 Å². The number of nitrogens with zero attached hydrogens (tertiary/aromatic N) is 1. The fraction of sp³-hybridized carbons (Fsp3) is 0.600. The summed E-state index contributed by atoms with van der Waals surface area (Å²) < 4.78 is 16.0. The molecular weight excluding hydrogens is 348 g/mol. The Bertz CT molecular complexity index is 647. The molecule has 1 aromatic carbocycles. The molecule has 1 aromatic rings. The molecule has 1 unspecified atom stereocenters. The van der Waals surface area contributed by atoms with E-state index in [4.69, 9.17) is 14.2 Å². The Balaban J connectivity index is 1.85. The quantitative estimate of drug-likeness (QED) is 0.632. The molecule has 150 valence electrons. The van der Waals surface area contributed by atoms with E-state index in [2.05, 4.69) is 19.2 Å². The maximum atomic E-state index is 12.4. The minimum atomic E-state index is -0.345. The van der Waals surface area contributed by atoms with E-state index in [1.807, 2.05) is 0 Å². The topological polar surface area (TPSA) is 77.1 Å². The van der Waals surface area contributed by atoms with Gasteiger partial charge in [0.25, 0.3) is 0 Å². The summed E-state index contributed by atoms with van der Waals surface area (Å²) in [5.74, 6) is 1.16. The molecule has 1 saturated heterocycles. The zero-order valence-corrected chi connectivity index (χ0v) is 16.6. The normalized spacial score (nSPS) is 16.7. The number of hydrogen-bond acceptors (Lipinski definition) is 5. The largest absolute Gasteiger partial charge is 0.493 e. The number of carbonyl (C=O) groups is 2. The second kappa shape index (κ2) is 10.2. The Kier molecular flexibility index (Phi) is 7.91. The van der Waals surface area contributed by atoms with E-state index in [-0.39, 0.29) is 24.2 Å². The Morgan fingerprint density at radius 3 is 2.67 bits per heavy atom. The molecule has 0 aromatic heterocycles. The summed E-state index contributed by atoms with van der Waals surface area (Å²) in [6.45, 7) is 6.47. The lowest BCUT2D eigenvalue weighted by atomic mass is 10.1. The van der Waals surface area contributed by atoms with Crippen LogP contribution in [-0.2, 0) is 14.3 Å². The Hall–Kier alpha value is -2.28. The Morgan fingerprint density at radius 1 is 1.26 bits per heavy atom. The van der Waals surface area contributed by atoms with Gasteiger partial charge < -0.3 is 24.4 Å². The summed E-state index contributed by atoms with van der Waals surface area (Å²) in [6, 6.07) is 5.31. The minimum Gasteiger partial charge on any atom is -0.493 e. The summed E-state index contributed by atoms with van der Waals surface area (Å²) in [7, 11) is 3.11. The van der Waals surface area contributed by atoms with Gasteiger partial charge in [-0.1, -0.05) is 13.8 Å². The molecule has 2 amide bonds. The Labute approximate surface area is 161 Å². The molecule has 2 rings (SSSR count). The van der Waals surface area contributed by atoms with E-state index >= 15 is 0 Å². The number of methoxy groups -OCH3 is 2. The highest BCUT2D eigenvalue weighted by Gasteiger charge is 2.35. The number of nitrogens with one attached hydrogen (secondary N) is 1. The molecule has 0 saturated carbocycles. The van der Waals surface area contributed by atoms with Gasteiger partial charge in [0, 0.05) is 44.5 Å². The van der Waals surface area contributed by atoms with E-state index in [1.165, 1.54) is 0 Å². The van der Waals surface area contributed by atoms with Gasteiger partial charge in [-0.05, 0) is 24.5 Å². The highest BCUT2D eigenvalue weighted by atomic mass is 16.5. The van der Waals surface area contributed by atoms with Crippen LogP contribution in [0.1, 0.15) is 26.7 Å². The standard InChI is InChI=1S/C20H30N2O5/c1-14(2)13-27-9-5-8-21-20(24)15-10-19(23)22(12-15)16-6-7-17(25-3)18(11-16)26-4/h6-7,11,14-15H,5,8-10,12-13H2,1-4H3,(H,21,24). The first-order valence-electron chi connectivity index (χ1n) is 9.34. The van der Waals surface area contributed by atoms with Crippen molar-refractivity contribution in [3.8, 4) is 11.5 Å². The Morgan fingerprint density at radius 2 is 2.00 bits per heavy atom. The van der Waals surface area contributed by atoms with Crippen LogP contribution < -0.4 is 19.7 Å². The smallest absolute Gasteiger partial charge is 0.227 e. The summed E-state index contributed by atoms with van der Waals surface area (Å²) in [6.07, 6.45) is 0.975. The molecule has 7 nitrogen and oxygen atoms in total. The van der Waals surface area contributed by atoms with Gasteiger partial charge in [-0.3, -0.25) is 9.59 Å². The lowest BCUT2D eigenvalue weighted by molar-refractivity contribution is -0.126. The van der Waals surface area contributed by atoms with Crippen LogP contribution in [-0.4, -0.2) is 52.3 Å². The van der Waals surface area contributed by atoms with Gasteiger partial charge >= 0.3 is 0 Å². The first-order chi connectivity index (χ1) is 13.0. The minimum absolute atomic E-state index is 0.0670. The van der Waals surface area contributed by atoms with Crippen LogP contribution in [0.15, 0.2) is 18.2 Å². The molecule has 0 bridgehead atoms. The third-order valence-corrected chi connectivity index (χ3v) is 4.39. The van der Waals surface area contributed by atoms with Crippen molar-refractivity contribution in [3.05, 3.63) is 18.2 Å². The van der Waals surface area contributed by atoms with E-state index in [9.17, 15) is 9.59 Å². The lowest BCUT2D eigenvalue weighted by Gasteiger charge is -2.18. The molecule has 1 heterocycles. The van der Waals surface area contributed by atoms with Crippen molar-refractivity contribution in [3.63, 3.8) is 0 Å². The maximum absolute atomic E-state index is 12.4. The summed E-state index contributed by atoms with van der Waals surface area (Å²) in [4.78, 5) is 26.4. The molecule has 0 radical (unpaired) electrons. The molecule has 1 aliphatic heterocycles. The summed E-state index contributed by atoms with van der Waals surface area (Å²) in [5.41, 5.74) is 0.704. The molecular formula is C20H30N2O5. The van der Waals surface area contributed by atoms with Gasteiger partial charge in [-0.2, -0.15) is 0 Å². The average molecular weight is 378 g/mol.